The maximum absolute atomic E-state index is 14.4. The molecule has 0 aromatic heterocycles. The Morgan fingerprint density at radius 2 is 1.86 bits per heavy atom. The lowest BCUT2D eigenvalue weighted by atomic mass is 9.65. The first-order chi connectivity index (χ1) is 16.5. The van der Waals surface area contributed by atoms with Crippen molar-refractivity contribution in [1.82, 2.24) is 4.90 Å². The number of sulfonamides is 1. The van der Waals surface area contributed by atoms with E-state index in [9.17, 15) is 17.6 Å². The van der Waals surface area contributed by atoms with Crippen LogP contribution in [0.25, 0.3) is 0 Å². The van der Waals surface area contributed by atoms with Gasteiger partial charge in [-0.3, -0.25) is 9.52 Å². The number of benzene rings is 2. The zero-order valence-corrected chi connectivity index (χ0v) is 21.5. The van der Waals surface area contributed by atoms with Crippen LogP contribution in [0, 0.1) is 5.82 Å². The average Bonchev–Trinajstić information content (AvgIpc) is 3.03. The molecule has 2 aliphatic heterocycles. The third-order valence-corrected chi connectivity index (χ3v) is 9.48. The SMILES string of the molecule is CC1CC(Oc2cc(NS(=O)(=O)c3ccc(Cl)cc3F)cc3c2NC(=O)C32CCC2)CC(C)N1C. The van der Waals surface area contributed by atoms with E-state index in [4.69, 9.17) is 16.3 Å². The van der Waals surface area contributed by atoms with Gasteiger partial charge < -0.3 is 15.0 Å². The van der Waals surface area contributed by atoms with E-state index in [-0.39, 0.29) is 22.7 Å². The van der Waals surface area contributed by atoms with Crippen molar-refractivity contribution in [3.63, 3.8) is 0 Å². The van der Waals surface area contributed by atoms with Gasteiger partial charge in [0.2, 0.25) is 5.91 Å². The molecule has 188 valence electrons. The smallest absolute Gasteiger partial charge is 0.264 e. The molecule has 10 heteroatoms. The minimum atomic E-state index is -4.24. The number of nitrogens with zero attached hydrogens (tertiary/aromatic N) is 1. The summed E-state index contributed by atoms with van der Waals surface area (Å²) in [7, 11) is -2.15. The molecule has 1 spiro atoms. The summed E-state index contributed by atoms with van der Waals surface area (Å²) < 4.78 is 49.4. The Morgan fingerprint density at radius 3 is 2.46 bits per heavy atom. The van der Waals surface area contributed by atoms with E-state index in [1.165, 1.54) is 6.07 Å². The highest BCUT2D eigenvalue weighted by atomic mass is 35.5. The maximum atomic E-state index is 14.4. The fraction of sp³-hybridized carbons (Fsp3) is 0.480. The van der Waals surface area contributed by atoms with Crippen LogP contribution in [0.5, 0.6) is 5.75 Å². The molecule has 1 saturated carbocycles. The molecular formula is C25H29ClFN3O4S. The number of amides is 1. The molecule has 35 heavy (non-hydrogen) atoms. The van der Waals surface area contributed by atoms with Gasteiger partial charge >= 0.3 is 0 Å². The van der Waals surface area contributed by atoms with Crippen LogP contribution in [-0.2, 0) is 20.2 Å². The van der Waals surface area contributed by atoms with E-state index in [1.54, 1.807) is 12.1 Å². The van der Waals surface area contributed by atoms with Crippen LogP contribution in [0.4, 0.5) is 15.8 Å². The predicted octanol–water partition coefficient (Wildman–Crippen LogP) is 4.90. The van der Waals surface area contributed by atoms with Gasteiger partial charge in [0.1, 0.15) is 22.6 Å². The zero-order valence-electron chi connectivity index (χ0n) is 19.9. The second-order valence-corrected chi connectivity index (χ2v) is 12.1. The summed E-state index contributed by atoms with van der Waals surface area (Å²) in [6.45, 7) is 4.29. The van der Waals surface area contributed by atoms with Gasteiger partial charge in [0.05, 0.1) is 16.8 Å². The highest BCUT2D eigenvalue weighted by Gasteiger charge is 2.52. The number of likely N-dealkylation sites (tertiary alicyclic amines) is 1. The summed E-state index contributed by atoms with van der Waals surface area (Å²) >= 11 is 5.79. The predicted molar refractivity (Wildman–Crippen MR) is 133 cm³/mol. The summed E-state index contributed by atoms with van der Waals surface area (Å²) in [5.41, 5.74) is 0.891. The number of hydrogen-bond acceptors (Lipinski definition) is 5. The number of hydrogen-bond donors (Lipinski definition) is 2. The first kappa shape index (κ1) is 24.3. The van der Waals surface area contributed by atoms with Crippen molar-refractivity contribution >= 4 is 38.9 Å². The van der Waals surface area contributed by atoms with Crippen LogP contribution < -0.4 is 14.8 Å². The van der Waals surface area contributed by atoms with E-state index in [1.807, 2.05) is 0 Å². The highest BCUT2D eigenvalue weighted by molar-refractivity contribution is 7.92. The second kappa shape index (κ2) is 8.64. The number of halogens is 2. The molecule has 0 bridgehead atoms. The third kappa shape index (κ3) is 4.17. The van der Waals surface area contributed by atoms with Crippen molar-refractivity contribution in [3.05, 3.63) is 46.7 Å². The Bertz CT molecular complexity index is 1290. The van der Waals surface area contributed by atoms with E-state index in [2.05, 4.69) is 35.8 Å². The molecule has 1 aliphatic carbocycles. The minimum absolute atomic E-state index is 0.0857. The van der Waals surface area contributed by atoms with Gasteiger partial charge in [-0.05, 0) is 76.4 Å². The number of ether oxygens (including phenoxy) is 1. The normalized spacial score (nSPS) is 25.6. The lowest BCUT2D eigenvalue weighted by Crippen LogP contribution is -2.47. The Kier molecular flexibility index (Phi) is 6.01. The molecule has 2 N–H and O–H groups in total. The molecule has 2 unspecified atom stereocenters. The van der Waals surface area contributed by atoms with Crippen LogP contribution >= 0.6 is 11.6 Å². The molecule has 5 rings (SSSR count). The Morgan fingerprint density at radius 1 is 1.17 bits per heavy atom. The maximum Gasteiger partial charge on any atom is 0.264 e. The van der Waals surface area contributed by atoms with Crippen LogP contribution in [0.3, 0.4) is 0 Å². The molecule has 1 saturated heterocycles. The van der Waals surface area contributed by atoms with E-state index < -0.39 is 26.2 Å². The third-order valence-electron chi connectivity index (χ3n) is 7.83. The average molecular weight is 522 g/mol. The van der Waals surface area contributed by atoms with Crippen molar-refractivity contribution in [2.24, 2.45) is 0 Å². The molecule has 3 aliphatic rings. The van der Waals surface area contributed by atoms with E-state index in [0.717, 1.165) is 37.0 Å². The number of rotatable bonds is 5. The Hall–Kier alpha value is -2.36. The van der Waals surface area contributed by atoms with E-state index >= 15 is 0 Å². The summed E-state index contributed by atoms with van der Waals surface area (Å²) in [5.74, 6) is -0.593. The zero-order chi connectivity index (χ0) is 25.1. The number of anilines is 2. The number of piperidine rings is 1. The lowest BCUT2D eigenvalue weighted by molar-refractivity contribution is -0.123. The fourth-order valence-corrected chi connectivity index (χ4v) is 6.72. The molecule has 2 aromatic carbocycles. The fourth-order valence-electron chi connectivity index (χ4n) is 5.46. The Labute approximate surface area is 210 Å². The summed E-state index contributed by atoms with van der Waals surface area (Å²) in [6, 6.07) is 7.30. The van der Waals surface area contributed by atoms with Crippen LogP contribution in [0.15, 0.2) is 35.2 Å². The van der Waals surface area contributed by atoms with Gasteiger partial charge in [0, 0.05) is 23.2 Å². The van der Waals surface area contributed by atoms with Gasteiger partial charge in [0.25, 0.3) is 10.0 Å². The molecule has 2 fully saturated rings. The molecule has 0 radical (unpaired) electrons. The van der Waals surface area contributed by atoms with Crippen molar-refractivity contribution in [2.75, 3.05) is 17.1 Å². The lowest BCUT2D eigenvalue weighted by Gasteiger charge is -2.40. The van der Waals surface area contributed by atoms with E-state index in [0.29, 0.717) is 36.4 Å². The van der Waals surface area contributed by atoms with Gasteiger partial charge in [-0.15, -0.1) is 0 Å². The van der Waals surface area contributed by atoms with Gasteiger partial charge in [-0.25, -0.2) is 12.8 Å². The summed E-state index contributed by atoms with van der Waals surface area (Å²) in [4.78, 5) is 14.7. The van der Waals surface area contributed by atoms with Gasteiger partial charge in [-0.1, -0.05) is 18.0 Å². The molecule has 2 atom stereocenters. The number of carbonyl (C=O) groups is 1. The molecule has 2 aromatic rings. The summed E-state index contributed by atoms with van der Waals surface area (Å²) in [6.07, 6.45) is 3.82. The topological polar surface area (TPSA) is 87.7 Å². The molecule has 1 amide bonds. The molecule has 7 nitrogen and oxygen atoms in total. The van der Waals surface area contributed by atoms with Crippen LogP contribution in [-0.4, -0.2) is 44.5 Å². The Balaban J connectivity index is 1.52. The van der Waals surface area contributed by atoms with Gasteiger partial charge in [0.15, 0.2) is 0 Å². The number of fused-ring (bicyclic) bond motifs is 2. The largest absolute Gasteiger partial charge is 0.488 e. The highest BCUT2D eigenvalue weighted by Crippen LogP contribution is 2.54. The second-order valence-electron chi connectivity index (χ2n) is 10.0. The van der Waals surface area contributed by atoms with Gasteiger partial charge in [-0.2, -0.15) is 0 Å². The van der Waals surface area contributed by atoms with Crippen molar-refractivity contribution in [1.29, 1.82) is 0 Å². The minimum Gasteiger partial charge on any atom is -0.488 e. The molecular weight excluding hydrogens is 493 g/mol. The number of nitrogens with one attached hydrogen (secondary N) is 2. The first-order valence-corrected chi connectivity index (χ1v) is 13.7. The summed E-state index contributed by atoms with van der Waals surface area (Å²) in [5, 5.41) is 3.09. The quantitative estimate of drug-likeness (QED) is 0.584. The van der Waals surface area contributed by atoms with Crippen molar-refractivity contribution in [2.45, 2.75) is 74.4 Å². The van der Waals surface area contributed by atoms with Crippen molar-refractivity contribution in [3.8, 4) is 5.75 Å². The number of carbonyl (C=O) groups excluding carboxylic acids is 1. The molecule has 2 heterocycles. The first-order valence-electron chi connectivity index (χ1n) is 11.9. The van der Waals surface area contributed by atoms with Crippen molar-refractivity contribution < 1.29 is 22.3 Å². The van der Waals surface area contributed by atoms with Crippen LogP contribution in [0.1, 0.15) is 51.5 Å². The van der Waals surface area contributed by atoms with Crippen LogP contribution in [0.2, 0.25) is 5.02 Å². The standard InChI is InChI=1S/C25H29ClFN3O4S/c1-14-9-18(10-15(2)30(14)3)34-21-13-17(12-19-23(21)28-24(31)25(19)7-4-8-25)29-35(32,33)22-6-5-16(26)11-20(22)27/h5-6,11-15,18,29H,4,7-10H2,1-3H3,(H,28,31). The monoisotopic (exact) mass is 521 g/mol.